The summed E-state index contributed by atoms with van der Waals surface area (Å²) in [5.74, 6) is 0.220. The maximum atomic E-state index is 12.1. The molecular formula is C13H18N4O2S. The molecule has 2 aliphatic rings. The normalized spacial score (nSPS) is 20.6. The molecule has 0 aliphatic carbocycles. The van der Waals surface area contributed by atoms with Gasteiger partial charge in [0, 0.05) is 42.9 Å². The van der Waals surface area contributed by atoms with Gasteiger partial charge in [0.2, 0.25) is 5.91 Å². The Morgan fingerprint density at radius 3 is 2.60 bits per heavy atom. The van der Waals surface area contributed by atoms with Crippen LogP contribution in [0.1, 0.15) is 30.8 Å². The van der Waals surface area contributed by atoms with Gasteiger partial charge < -0.3 is 9.80 Å². The van der Waals surface area contributed by atoms with Crippen LogP contribution in [0.2, 0.25) is 0 Å². The number of rotatable bonds is 2. The van der Waals surface area contributed by atoms with Crippen LogP contribution in [-0.2, 0) is 4.79 Å². The van der Waals surface area contributed by atoms with Gasteiger partial charge in [0.15, 0.2) is 5.69 Å². The van der Waals surface area contributed by atoms with E-state index < -0.39 is 0 Å². The molecular weight excluding hydrogens is 276 g/mol. The highest BCUT2D eigenvalue weighted by molar-refractivity contribution is 7.03. The fraction of sp³-hybridized carbons (Fsp3) is 0.692. The van der Waals surface area contributed by atoms with Crippen LogP contribution in [0.4, 0.5) is 0 Å². The zero-order chi connectivity index (χ0) is 14.3. The van der Waals surface area contributed by atoms with Gasteiger partial charge in [-0.15, -0.1) is 5.10 Å². The summed E-state index contributed by atoms with van der Waals surface area (Å²) in [6, 6.07) is 0. The molecule has 7 heteroatoms. The predicted octanol–water partition coefficient (Wildman–Crippen LogP) is 0.869. The highest BCUT2D eigenvalue weighted by Gasteiger charge is 2.50. The van der Waals surface area contributed by atoms with Crippen LogP contribution < -0.4 is 0 Å². The molecule has 1 spiro atoms. The lowest BCUT2D eigenvalue weighted by Gasteiger charge is -2.47. The van der Waals surface area contributed by atoms with Crippen LogP contribution in [0.3, 0.4) is 0 Å². The summed E-state index contributed by atoms with van der Waals surface area (Å²) in [7, 11) is 0. The molecule has 0 unspecified atom stereocenters. The number of hydrogen-bond donors (Lipinski definition) is 0. The molecule has 2 amide bonds. The van der Waals surface area contributed by atoms with Crippen LogP contribution in [-0.4, -0.2) is 57.4 Å². The topological polar surface area (TPSA) is 66.4 Å². The van der Waals surface area contributed by atoms with Gasteiger partial charge >= 0.3 is 0 Å². The third-order valence-corrected chi connectivity index (χ3v) is 4.67. The van der Waals surface area contributed by atoms with E-state index in [0.717, 1.165) is 32.6 Å². The van der Waals surface area contributed by atoms with Crippen molar-refractivity contribution in [1.29, 1.82) is 0 Å². The van der Waals surface area contributed by atoms with Crippen LogP contribution in [0.15, 0.2) is 5.38 Å². The Hall–Kier alpha value is -1.50. The van der Waals surface area contributed by atoms with Gasteiger partial charge in [0.25, 0.3) is 5.91 Å². The Morgan fingerprint density at radius 2 is 2.00 bits per heavy atom. The molecule has 1 aromatic heterocycles. The van der Waals surface area contributed by atoms with E-state index in [9.17, 15) is 9.59 Å². The lowest BCUT2D eigenvalue weighted by Crippen LogP contribution is -2.59. The van der Waals surface area contributed by atoms with Crippen molar-refractivity contribution < 1.29 is 9.59 Å². The lowest BCUT2D eigenvalue weighted by atomic mass is 9.79. The number of carbonyl (C=O) groups excluding carboxylic acids is 2. The van der Waals surface area contributed by atoms with Gasteiger partial charge in [-0.3, -0.25) is 9.59 Å². The summed E-state index contributed by atoms with van der Waals surface area (Å²) in [5, 5.41) is 5.49. The second kappa shape index (κ2) is 4.80. The van der Waals surface area contributed by atoms with Gasteiger partial charge in [-0.1, -0.05) is 18.3 Å². The van der Waals surface area contributed by atoms with E-state index in [1.807, 2.05) is 18.7 Å². The van der Waals surface area contributed by atoms with Gasteiger partial charge in [-0.2, -0.15) is 0 Å². The standard InChI is InChI=1S/C13H18N4O2S/c1-9(2)11(18)16-4-3-13(6-16)7-17(8-13)12(19)10-5-20-15-14-10/h5,9H,3-4,6-8H2,1-2H3. The van der Waals surface area contributed by atoms with E-state index in [-0.39, 0.29) is 23.1 Å². The summed E-state index contributed by atoms with van der Waals surface area (Å²) in [6.45, 7) is 6.91. The second-order valence-electron chi connectivity index (χ2n) is 6.12. The van der Waals surface area contributed by atoms with E-state index in [1.165, 1.54) is 11.5 Å². The van der Waals surface area contributed by atoms with E-state index in [4.69, 9.17) is 0 Å². The predicted molar refractivity (Wildman–Crippen MR) is 74.3 cm³/mol. The quantitative estimate of drug-likeness (QED) is 0.812. The summed E-state index contributed by atoms with van der Waals surface area (Å²) in [6.07, 6.45) is 0.991. The smallest absolute Gasteiger partial charge is 0.275 e. The fourth-order valence-electron chi connectivity index (χ4n) is 3.07. The highest BCUT2D eigenvalue weighted by atomic mass is 32.1. The Kier molecular flexibility index (Phi) is 3.24. The van der Waals surface area contributed by atoms with Crippen molar-refractivity contribution in [2.24, 2.45) is 11.3 Å². The molecule has 0 bridgehead atoms. The Balaban J connectivity index is 1.58. The lowest BCUT2D eigenvalue weighted by molar-refractivity contribution is -0.134. The van der Waals surface area contributed by atoms with E-state index >= 15 is 0 Å². The van der Waals surface area contributed by atoms with Crippen LogP contribution in [0.5, 0.6) is 0 Å². The van der Waals surface area contributed by atoms with Gasteiger partial charge in [-0.25, -0.2) is 0 Å². The molecule has 0 radical (unpaired) electrons. The molecule has 2 fully saturated rings. The van der Waals surface area contributed by atoms with Crippen molar-refractivity contribution in [2.45, 2.75) is 20.3 Å². The molecule has 0 aromatic carbocycles. The summed E-state index contributed by atoms with van der Waals surface area (Å²) < 4.78 is 3.72. The largest absolute Gasteiger partial charge is 0.342 e. The minimum absolute atomic E-state index is 0.0435. The SMILES string of the molecule is CC(C)C(=O)N1CCC2(CN(C(=O)c3csnn3)C2)C1. The number of amides is 2. The number of nitrogens with zero attached hydrogens (tertiary/aromatic N) is 4. The van der Waals surface area contributed by atoms with Crippen molar-refractivity contribution in [1.82, 2.24) is 19.4 Å². The Labute approximate surface area is 121 Å². The Morgan fingerprint density at radius 1 is 1.30 bits per heavy atom. The first kappa shape index (κ1) is 13.5. The summed E-state index contributed by atoms with van der Waals surface area (Å²) in [4.78, 5) is 27.9. The minimum Gasteiger partial charge on any atom is -0.342 e. The molecule has 0 N–H and O–H groups in total. The average Bonchev–Trinajstić information content (AvgIpc) is 3.04. The minimum atomic E-state index is -0.0435. The third kappa shape index (κ3) is 2.19. The molecule has 108 valence electrons. The summed E-state index contributed by atoms with van der Waals surface area (Å²) in [5.41, 5.74) is 0.543. The molecule has 3 heterocycles. The maximum Gasteiger partial charge on any atom is 0.275 e. The first-order chi connectivity index (χ1) is 9.51. The first-order valence-electron chi connectivity index (χ1n) is 6.86. The number of aromatic nitrogens is 2. The van der Waals surface area contributed by atoms with E-state index in [2.05, 4.69) is 9.59 Å². The van der Waals surface area contributed by atoms with Crippen molar-refractivity contribution in [3.8, 4) is 0 Å². The van der Waals surface area contributed by atoms with Crippen molar-refractivity contribution in [3.63, 3.8) is 0 Å². The van der Waals surface area contributed by atoms with Gasteiger partial charge in [0.1, 0.15) is 0 Å². The molecule has 0 atom stereocenters. The summed E-state index contributed by atoms with van der Waals surface area (Å²) >= 11 is 1.19. The first-order valence-corrected chi connectivity index (χ1v) is 7.70. The zero-order valence-electron chi connectivity index (χ0n) is 11.7. The molecule has 1 aromatic rings. The molecule has 3 rings (SSSR count). The molecule has 20 heavy (non-hydrogen) atoms. The highest BCUT2D eigenvalue weighted by Crippen LogP contribution is 2.40. The van der Waals surface area contributed by atoms with Crippen LogP contribution in [0, 0.1) is 11.3 Å². The van der Waals surface area contributed by atoms with Crippen molar-refractivity contribution in [3.05, 3.63) is 11.1 Å². The van der Waals surface area contributed by atoms with Crippen LogP contribution in [0.25, 0.3) is 0 Å². The molecule has 0 saturated carbocycles. The number of carbonyl (C=O) groups is 2. The number of likely N-dealkylation sites (tertiary alicyclic amines) is 2. The van der Waals surface area contributed by atoms with E-state index in [1.54, 1.807) is 10.3 Å². The Bertz CT molecular complexity index is 522. The number of hydrogen-bond acceptors (Lipinski definition) is 5. The average molecular weight is 294 g/mol. The van der Waals surface area contributed by atoms with Gasteiger partial charge in [0.05, 0.1) is 0 Å². The molecule has 2 aliphatic heterocycles. The van der Waals surface area contributed by atoms with Crippen molar-refractivity contribution >= 4 is 23.3 Å². The maximum absolute atomic E-state index is 12.1. The monoisotopic (exact) mass is 294 g/mol. The van der Waals surface area contributed by atoms with Gasteiger partial charge in [-0.05, 0) is 18.0 Å². The molecule has 6 nitrogen and oxygen atoms in total. The fourth-order valence-corrected chi connectivity index (χ4v) is 3.50. The van der Waals surface area contributed by atoms with Crippen LogP contribution >= 0.6 is 11.5 Å². The van der Waals surface area contributed by atoms with E-state index in [0.29, 0.717) is 5.69 Å². The third-order valence-electron chi connectivity index (χ3n) is 4.16. The second-order valence-corrected chi connectivity index (χ2v) is 6.73. The van der Waals surface area contributed by atoms with Crippen molar-refractivity contribution in [2.75, 3.05) is 26.2 Å². The zero-order valence-corrected chi connectivity index (χ0v) is 12.5. The molecule has 2 saturated heterocycles.